The van der Waals surface area contributed by atoms with Crippen LogP contribution in [0.3, 0.4) is 0 Å². The van der Waals surface area contributed by atoms with Crippen molar-refractivity contribution >= 4 is 5.91 Å². The van der Waals surface area contributed by atoms with Crippen LogP contribution in [-0.2, 0) is 28.5 Å². The van der Waals surface area contributed by atoms with E-state index in [1.54, 1.807) is 0 Å². The van der Waals surface area contributed by atoms with Gasteiger partial charge >= 0.3 is 0 Å². The van der Waals surface area contributed by atoms with Gasteiger partial charge in [-0.2, -0.15) is 0 Å². The number of nitrogens with one attached hydrogen (secondary N) is 2. The van der Waals surface area contributed by atoms with Crippen LogP contribution in [0.1, 0.15) is 41.5 Å². The third-order valence-corrected chi connectivity index (χ3v) is 3.60. The van der Waals surface area contributed by atoms with E-state index in [1.165, 1.54) is 0 Å². The Labute approximate surface area is 177 Å². The molecule has 0 atom stereocenters. The summed E-state index contributed by atoms with van der Waals surface area (Å²) < 4.78 is 27.2. The lowest BCUT2D eigenvalue weighted by molar-refractivity contribution is -0.128. The van der Waals surface area contributed by atoms with E-state index < -0.39 is 0 Å². The molecular weight excluding hydrogens is 376 g/mol. The maximum atomic E-state index is 11.6. The first-order valence-electron chi connectivity index (χ1n) is 10.5. The Morgan fingerprint density at radius 1 is 0.586 bits per heavy atom. The molecule has 174 valence electrons. The van der Waals surface area contributed by atoms with E-state index in [9.17, 15) is 4.79 Å². The summed E-state index contributed by atoms with van der Waals surface area (Å²) in [6.45, 7) is 18.9. The highest BCUT2D eigenvalue weighted by atomic mass is 16.6. The minimum Gasteiger partial charge on any atom is -0.378 e. The van der Waals surface area contributed by atoms with Gasteiger partial charge in [0.05, 0.1) is 66.1 Å². The summed E-state index contributed by atoms with van der Waals surface area (Å²) in [6.07, 6.45) is 0. The van der Waals surface area contributed by atoms with Crippen LogP contribution in [0, 0.1) is 5.41 Å². The molecule has 0 saturated carbocycles. The second-order valence-electron chi connectivity index (χ2n) is 8.74. The lowest BCUT2D eigenvalue weighted by atomic mass is 9.96. The molecule has 0 aliphatic rings. The Hall–Kier alpha value is -0.770. The standard InChI is InChI=1S/C21H44N2O6/c1-20(2,3)19(24)22-7-9-25-11-13-27-15-17-29-18-16-28-14-12-26-10-8-23-21(4,5)6/h23H,7-18H2,1-6H3,(H,22,24). The number of amides is 1. The van der Waals surface area contributed by atoms with Gasteiger partial charge in [-0.25, -0.2) is 0 Å². The van der Waals surface area contributed by atoms with Crippen molar-refractivity contribution in [1.29, 1.82) is 0 Å². The van der Waals surface area contributed by atoms with Gasteiger partial charge in [0.25, 0.3) is 0 Å². The summed E-state index contributed by atoms with van der Waals surface area (Å²) in [7, 11) is 0. The van der Waals surface area contributed by atoms with Crippen LogP contribution < -0.4 is 10.6 Å². The molecule has 0 fully saturated rings. The van der Waals surface area contributed by atoms with Crippen LogP contribution >= 0.6 is 0 Å². The summed E-state index contributed by atoms with van der Waals surface area (Å²) in [5.41, 5.74) is -0.246. The molecule has 8 heteroatoms. The number of carbonyl (C=O) groups is 1. The smallest absolute Gasteiger partial charge is 0.225 e. The first-order valence-corrected chi connectivity index (χ1v) is 10.5. The van der Waals surface area contributed by atoms with Crippen LogP contribution in [0.15, 0.2) is 0 Å². The molecule has 0 heterocycles. The first kappa shape index (κ1) is 28.2. The molecule has 0 rings (SSSR count). The highest BCUT2D eigenvalue weighted by Gasteiger charge is 2.20. The minimum atomic E-state index is -0.369. The van der Waals surface area contributed by atoms with E-state index in [0.717, 1.165) is 6.54 Å². The minimum absolute atomic E-state index is 0.0272. The quantitative estimate of drug-likeness (QED) is 0.326. The summed E-state index contributed by atoms with van der Waals surface area (Å²) in [5, 5.41) is 6.20. The van der Waals surface area contributed by atoms with Gasteiger partial charge in [0.1, 0.15) is 0 Å². The maximum absolute atomic E-state index is 11.6. The Balaban J connectivity index is 3.15. The predicted octanol–water partition coefficient (Wildman–Crippen LogP) is 1.62. The molecule has 0 bridgehead atoms. The van der Waals surface area contributed by atoms with Crippen molar-refractivity contribution in [3.63, 3.8) is 0 Å². The van der Waals surface area contributed by atoms with Crippen LogP contribution in [0.4, 0.5) is 0 Å². The van der Waals surface area contributed by atoms with E-state index in [4.69, 9.17) is 23.7 Å². The average Bonchev–Trinajstić information content (AvgIpc) is 2.61. The zero-order chi connectivity index (χ0) is 22.0. The molecule has 0 spiro atoms. The van der Waals surface area contributed by atoms with Crippen molar-refractivity contribution < 1.29 is 28.5 Å². The second-order valence-corrected chi connectivity index (χ2v) is 8.74. The predicted molar refractivity (Wildman–Crippen MR) is 114 cm³/mol. The van der Waals surface area contributed by atoms with Crippen molar-refractivity contribution in [1.82, 2.24) is 10.6 Å². The summed E-state index contributed by atoms with van der Waals surface area (Å²) >= 11 is 0. The zero-order valence-corrected chi connectivity index (χ0v) is 19.4. The maximum Gasteiger partial charge on any atom is 0.225 e. The Kier molecular flexibility index (Phi) is 16.5. The van der Waals surface area contributed by atoms with Gasteiger partial charge < -0.3 is 34.3 Å². The average molecular weight is 421 g/mol. The molecule has 0 aromatic rings. The molecule has 1 amide bonds. The van der Waals surface area contributed by atoms with E-state index >= 15 is 0 Å². The molecule has 0 unspecified atom stereocenters. The highest BCUT2D eigenvalue weighted by molar-refractivity contribution is 5.81. The van der Waals surface area contributed by atoms with Crippen LogP contribution in [0.25, 0.3) is 0 Å². The largest absolute Gasteiger partial charge is 0.378 e. The van der Waals surface area contributed by atoms with Crippen LogP contribution in [-0.4, -0.2) is 90.6 Å². The Bertz CT molecular complexity index is 394. The number of carbonyl (C=O) groups excluding carboxylic acids is 1. The second kappa shape index (κ2) is 17.0. The molecule has 2 N–H and O–H groups in total. The molecule has 0 aromatic carbocycles. The molecule has 0 aliphatic carbocycles. The van der Waals surface area contributed by atoms with Crippen molar-refractivity contribution in [3.8, 4) is 0 Å². The topological polar surface area (TPSA) is 87.3 Å². The third-order valence-electron chi connectivity index (χ3n) is 3.60. The SMILES string of the molecule is CC(C)(C)NCCOCCOCCOCCOCCOCCNC(=O)C(C)(C)C. The highest BCUT2D eigenvalue weighted by Crippen LogP contribution is 2.11. The molecule has 29 heavy (non-hydrogen) atoms. The van der Waals surface area contributed by atoms with Gasteiger partial charge in [-0.3, -0.25) is 4.79 Å². The Morgan fingerprint density at radius 2 is 0.931 bits per heavy atom. The Morgan fingerprint density at radius 3 is 1.28 bits per heavy atom. The molecule has 8 nitrogen and oxygen atoms in total. The number of rotatable bonds is 18. The molecule has 0 aromatic heterocycles. The fourth-order valence-electron chi connectivity index (χ4n) is 1.98. The van der Waals surface area contributed by atoms with Gasteiger partial charge in [0.2, 0.25) is 5.91 Å². The monoisotopic (exact) mass is 420 g/mol. The molecular formula is C21H44N2O6. The number of hydrogen-bond acceptors (Lipinski definition) is 7. The normalized spacial score (nSPS) is 12.3. The van der Waals surface area contributed by atoms with Crippen LogP contribution in [0.5, 0.6) is 0 Å². The van der Waals surface area contributed by atoms with Crippen molar-refractivity contribution in [2.75, 3.05) is 79.2 Å². The lowest BCUT2D eigenvalue weighted by Gasteiger charge is -2.20. The number of ether oxygens (including phenoxy) is 5. The molecule has 0 radical (unpaired) electrons. The van der Waals surface area contributed by atoms with Crippen LogP contribution in [0.2, 0.25) is 0 Å². The van der Waals surface area contributed by atoms with Gasteiger partial charge in [0.15, 0.2) is 0 Å². The van der Waals surface area contributed by atoms with E-state index in [2.05, 4.69) is 31.4 Å². The first-order chi connectivity index (χ1) is 13.6. The van der Waals surface area contributed by atoms with Crippen molar-refractivity contribution in [2.24, 2.45) is 5.41 Å². The summed E-state index contributed by atoms with van der Waals surface area (Å²) in [4.78, 5) is 11.6. The van der Waals surface area contributed by atoms with Gasteiger partial charge in [-0.1, -0.05) is 20.8 Å². The van der Waals surface area contributed by atoms with Gasteiger partial charge in [-0.15, -0.1) is 0 Å². The molecule has 0 aliphatic heterocycles. The van der Waals surface area contributed by atoms with Crippen molar-refractivity contribution in [2.45, 2.75) is 47.1 Å². The van der Waals surface area contributed by atoms with Gasteiger partial charge in [0, 0.05) is 24.0 Å². The number of hydrogen-bond donors (Lipinski definition) is 2. The van der Waals surface area contributed by atoms with Gasteiger partial charge in [-0.05, 0) is 20.8 Å². The van der Waals surface area contributed by atoms with E-state index in [1.807, 2.05) is 20.8 Å². The fourth-order valence-corrected chi connectivity index (χ4v) is 1.98. The van der Waals surface area contributed by atoms with Crippen molar-refractivity contribution in [3.05, 3.63) is 0 Å². The summed E-state index contributed by atoms with van der Waals surface area (Å²) in [5.74, 6) is 0.0272. The van der Waals surface area contributed by atoms with E-state index in [0.29, 0.717) is 72.6 Å². The fraction of sp³-hybridized carbons (Fsp3) is 0.952. The third kappa shape index (κ3) is 21.8. The zero-order valence-electron chi connectivity index (χ0n) is 19.4. The summed E-state index contributed by atoms with van der Waals surface area (Å²) in [6, 6.07) is 0. The molecule has 0 saturated heterocycles. The lowest BCUT2D eigenvalue weighted by Crippen LogP contribution is -2.38. The van der Waals surface area contributed by atoms with E-state index in [-0.39, 0.29) is 16.9 Å².